The number of hydrogen-bond acceptors (Lipinski definition) is 3. The zero-order valence-corrected chi connectivity index (χ0v) is 14.5. The molecule has 0 fully saturated rings. The van der Waals surface area contributed by atoms with Crippen LogP contribution in [0.15, 0.2) is 47.1 Å². The average Bonchev–Trinajstić information content (AvgIpc) is 2.72. The third-order valence-corrected chi connectivity index (χ3v) is 4.34. The number of nitrogens with two attached hydrogens (primary N) is 1. The summed E-state index contributed by atoms with van der Waals surface area (Å²) in [4.78, 5) is 0. The number of likely N-dealkylation sites (N-methyl/N-ethyl adjacent to an activating group) is 1. The zero-order chi connectivity index (χ0) is 16.6. The lowest BCUT2D eigenvalue weighted by Gasteiger charge is -2.37. The van der Waals surface area contributed by atoms with Crippen LogP contribution in [-0.2, 0) is 0 Å². The Bertz CT molecular complexity index is 471. The number of hydrogen-bond donors (Lipinski definition) is 2. The molecule has 0 amide bonds. The molecule has 1 unspecified atom stereocenters. The fourth-order valence-corrected chi connectivity index (χ4v) is 2.53. The van der Waals surface area contributed by atoms with Gasteiger partial charge in [-0.3, -0.25) is 0 Å². The molecule has 120 valence electrons. The topological polar surface area (TPSA) is 41.3 Å². The first-order valence-corrected chi connectivity index (χ1v) is 8.20. The standard InChI is InChI=1S/C18H30BN3/c1-5-7-11-17(18(3,6-2)21-4)22(20)14-15-9-8-10-16(19)13-12-15/h8,10-13,21H,5-7,9,14,20H2,1-4H3/b17-11-. The fraction of sp³-hybridized carbons (Fsp3) is 0.556. The Kier molecular flexibility index (Phi) is 7.70. The van der Waals surface area contributed by atoms with Crippen LogP contribution in [0.25, 0.3) is 0 Å². The number of hydrazine groups is 1. The monoisotopic (exact) mass is 299 g/mol. The van der Waals surface area contributed by atoms with Crippen molar-refractivity contribution in [3.63, 3.8) is 0 Å². The molecule has 3 nitrogen and oxygen atoms in total. The van der Waals surface area contributed by atoms with Gasteiger partial charge in [-0.15, -0.1) is 0 Å². The summed E-state index contributed by atoms with van der Waals surface area (Å²) >= 11 is 0. The lowest BCUT2D eigenvalue weighted by atomic mass is 9.92. The molecule has 0 saturated heterocycles. The number of unbranched alkanes of at least 4 members (excludes halogenated alkanes) is 1. The van der Waals surface area contributed by atoms with E-state index in [0.29, 0.717) is 6.54 Å². The third kappa shape index (κ3) is 5.18. The average molecular weight is 299 g/mol. The molecule has 0 aromatic carbocycles. The van der Waals surface area contributed by atoms with Gasteiger partial charge in [-0.1, -0.05) is 56.1 Å². The van der Waals surface area contributed by atoms with Crippen molar-refractivity contribution in [2.45, 2.75) is 52.0 Å². The van der Waals surface area contributed by atoms with Gasteiger partial charge in [0.05, 0.1) is 12.1 Å². The van der Waals surface area contributed by atoms with Gasteiger partial charge in [-0.05, 0) is 38.8 Å². The van der Waals surface area contributed by atoms with Crippen molar-refractivity contribution in [1.29, 1.82) is 0 Å². The predicted octanol–water partition coefficient (Wildman–Crippen LogP) is 3.17. The van der Waals surface area contributed by atoms with E-state index in [1.54, 1.807) is 0 Å². The number of nitrogens with zero attached hydrogens (tertiary/aromatic N) is 1. The van der Waals surface area contributed by atoms with Crippen molar-refractivity contribution >= 4 is 7.85 Å². The van der Waals surface area contributed by atoms with E-state index in [0.717, 1.165) is 36.9 Å². The van der Waals surface area contributed by atoms with E-state index in [4.69, 9.17) is 13.7 Å². The largest absolute Gasteiger partial charge is 0.309 e. The van der Waals surface area contributed by atoms with Crippen LogP contribution in [0.3, 0.4) is 0 Å². The van der Waals surface area contributed by atoms with E-state index in [1.165, 1.54) is 5.57 Å². The van der Waals surface area contributed by atoms with Gasteiger partial charge in [0.25, 0.3) is 0 Å². The van der Waals surface area contributed by atoms with E-state index in [1.807, 2.05) is 24.2 Å². The first-order valence-electron chi connectivity index (χ1n) is 8.20. The number of rotatable bonds is 8. The van der Waals surface area contributed by atoms with Crippen LogP contribution < -0.4 is 11.2 Å². The highest BCUT2D eigenvalue weighted by molar-refractivity contribution is 6.23. The smallest absolute Gasteiger partial charge is 0.113 e. The quantitative estimate of drug-likeness (QED) is 0.411. The first-order chi connectivity index (χ1) is 10.5. The van der Waals surface area contributed by atoms with Gasteiger partial charge >= 0.3 is 0 Å². The second-order valence-corrected chi connectivity index (χ2v) is 6.04. The van der Waals surface area contributed by atoms with Gasteiger partial charge in [0.2, 0.25) is 0 Å². The van der Waals surface area contributed by atoms with Crippen LogP contribution in [0.2, 0.25) is 0 Å². The van der Waals surface area contributed by atoms with Crippen LogP contribution in [-0.4, -0.2) is 32.0 Å². The Morgan fingerprint density at radius 3 is 2.77 bits per heavy atom. The molecule has 1 aliphatic rings. The van der Waals surface area contributed by atoms with Gasteiger partial charge in [0.1, 0.15) is 7.85 Å². The maximum Gasteiger partial charge on any atom is 0.113 e. The third-order valence-electron chi connectivity index (χ3n) is 4.34. The van der Waals surface area contributed by atoms with Gasteiger partial charge in [0.15, 0.2) is 0 Å². The van der Waals surface area contributed by atoms with Crippen molar-refractivity contribution < 1.29 is 0 Å². The van der Waals surface area contributed by atoms with Gasteiger partial charge in [-0.2, -0.15) is 0 Å². The molecule has 1 atom stereocenters. The zero-order valence-electron chi connectivity index (χ0n) is 14.5. The highest BCUT2D eigenvalue weighted by atomic mass is 15.4. The molecule has 0 bridgehead atoms. The van der Waals surface area contributed by atoms with Crippen molar-refractivity contribution in [3.05, 3.63) is 47.1 Å². The Morgan fingerprint density at radius 2 is 2.18 bits per heavy atom. The van der Waals surface area contributed by atoms with Crippen LogP contribution in [0.4, 0.5) is 0 Å². The minimum Gasteiger partial charge on any atom is -0.309 e. The molecule has 0 aliphatic heterocycles. The van der Waals surface area contributed by atoms with Crippen LogP contribution in [0.1, 0.15) is 46.5 Å². The highest BCUT2D eigenvalue weighted by Gasteiger charge is 2.28. The lowest BCUT2D eigenvalue weighted by Crippen LogP contribution is -2.50. The molecule has 2 radical (unpaired) electrons. The minimum absolute atomic E-state index is 0.111. The molecule has 1 rings (SSSR count). The molecule has 0 saturated carbocycles. The van der Waals surface area contributed by atoms with Crippen LogP contribution in [0.5, 0.6) is 0 Å². The molecule has 0 heterocycles. The second kappa shape index (κ2) is 9.01. The Hall–Kier alpha value is -1.26. The Morgan fingerprint density at radius 1 is 1.45 bits per heavy atom. The molecule has 0 spiro atoms. The van der Waals surface area contributed by atoms with E-state index < -0.39 is 0 Å². The highest BCUT2D eigenvalue weighted by Crippen LogP contribution is 2.24. The number of allylic oxidation sites excluding steroid dienone is 6. The minimum atomic E-state index is -0.111. The summed E-state index contributed by atoms with van der Waals surface area (Å²) < 4.78 is 0. The second-order valence-electron chi connectivity index (χ2n) is 6.04. The van der Waals surface area contributed by atoms with E-state index in [2.05, 4.69) is 44.3 Å². The predicted molar refractivity (Wildman–Crippen MR) is 97.3 cm³/mol. The van der Waals surface area contributed by atoms with E-state index in [9.17, 15) is 0 Å². The molecule has 0 aromatic heterocycles. The van der Waals surface area contributed by atoms with Crippen molar-refractivity contribution in [1.82, 2.24) is 10.3 Å². The summed E-state index contributed by atoms with van der Waals surface area (Å²) in [5.74, 6) is 6.42. The van der Waals surface area contributed by atoms with E-state index >= 15 is 0 Å². The summed E-state index contributed by atoms with van der Waals surface area (Å²) in [5, 5.41) is 5.30. The molecule has 22 heavy (non-hydrogen) atoms. The van der Waals surface area contributed by atoms with Crippen LogP contribution in [0, 0.1) is 0 Å². The summed E-state index contributed by atoms with van der Waals surface area (Å²) in [7, 11) is 7.82. The summed E-state index contributed by atoms with van der Waals surface area (Å²) in [5.41, 5.74) is 3.09. The molecule has 1 aliphatic carbocycles. The van der Waals surface area contributed by atoms with Crippen molar-refractivity contribution in [3.8, 4) is 0 Å². The van der Waals surface area contributed by atoms with Gasteiger partial charge in [0, 0.05) is 5.70 Å². The van der Waals surface area contributed by atoms with Gasteiger partial charge in [-0.25, -0.2) is 5.84 Å². The van der Waals surface area contributed by atoms with Gasteiger partial charge < -0.3 is 10.3 Å². The molecular weight excluding hydrogens is 269 g/mol. The molecule has 3 N–H and O–H groups in total. The molecular formula is C18H30BN3. The maximum atomic E-state index is 6.42. The SMILES string of the molecule is [B]C1=CC=C(CN(N)/C(=C\CCC)C(C)(CC)NC)CC=C1. The Balaban J connectivity index is 2.93. The fourth-order valence-electron chi connectivity index (χ4n) is 2.53. The molecule has 0 aromatic rings. The Labute approximate surface area is 137 Å². The van der Waals surface area contributed by atoms with Crippen molar-refractivity contribution in [2.75, 3.05) is 13.6 Å². The summed E-state index contributed by atoms with van der Waals surface area (Å²) in [6.07, 6.45) is 14.3. The lowest BCUT2D eigenvalue weighted by molar-refractivity contribution is 0.280. The number of nitrogens with one attached hydrogen (secondary N) is 1. The van der Waals surface area contributed by atoms with Crippen LogP contribution >= 0.6 is 0 Å². The first kappa shape index (κ1) is 18.8. The summed E-state index contributed by atoms with van der Waals surface area (Å²) in [6.45, 7) is 7.28. The maximum absolute atomic E-state index is 6.42. The molecule has 4 heteroatoms. The summed E-state index contributed by atoms with van der Waals surface area (Å²) in [6, 6.07) is 0. The normalized spacial score (nSPS) is 18.3. The van der Waals surface area contributed by atoms with E-state index in [-0.39, 0.29) is 5.54 Å². The van der Waals surface area contributed by atoms with Crippen molar-refractivity contribution in [2.24, 2.45) is 5.84 Å².